The largest absolute Gasteiger partial charge is 0.383 e. The molecule has 16 heavy (non-hydrogen) atoms. The van der Waals surface area contributed by atoms with Gasteiger partial charge in [-0.1, -0.05) is 29.8 Å². The van der Waals surface area contributed by atoms with Gasteiger partial charge in [0.05, 0.1) is 16.7 Å². The highest BCUT2D eigenvalue weighted by molar-refractivity contribution is 9.10. The van der Waals surface area contributed by atoms with Crippen molar-refractivity contribution in [2.45, 2.75) is 19.9 Å². The number of aryl methyl sites for hydroxylation is 1. The molecule has 1 heterocycles. The summed E-state index contributed by atoms with van der Waals surface area (Å²) < 4.78 is 2.65. The van der Waals surface area contributed by atoms with Crippen LogP contribution in [0.2, 0.25) is 0 Å². The molecule has 0 bridgehead atoms. The minimum absolute atomic E-state index is 0.145. The van der Waals surface area contributed by atoms with Crippen LogP contribution < -0.4 is 5.73 Å². The van der Waals surface area contributed by atoms with Crippen LogP contribution in [0.25, 0.3) is 0 Å². The van der Waals surface area contributed by atoms with E-state index >= 15 is 0 Å². The molecule has 0 aliphatic heterocycles. The standard InChI is InChI=1S/C12H14BrN3/c1-8-3-5-10(6-4-8)9(2)16-12(14)11(13)7-15-16/h3-7,9H,14H2,1-2H3. The number of benzene rings is 1. The summed E-state index contributed by atoms with van der Waals surface area (Å²) in [6, 6.07) is 8.55. The lowest BCUT2D eigenvalue weighted by Crippen LogP contribution is -2.11. The molecule has 2 aromatic rings. The van der Waals surface area contributed by atoms with Gasteiger partial charge in [0.1, 0.15) is 5.82 Å². The van der Waals surface area contributed by atoms with Gasteiger partial charge in [-0.05, 0) is 35.3 Å². The van der Waals surface area contributed by atoms with Crippen molar-refractivity contribution >= 4 is 21.7 Å². The molecule has 0 aliphatic rings. The van der Waals surface area contributed by atoms with Crippen LogP contribution in [-0.2, 0) is 0 Å². The van der Waals surface area contributed by atoms with Gasteiger partial charge in [-0.25, -0.2) is 4.68 Å². The van der Waals surface area contributed by atoms with E-state index in [9.17, 15) is 0 Å². The highest BCUT2D eigenvalue weighted by Crippen LogP contribution is 2.25. The van der Waals surface area contributed by atoms with Gasteiger partial charge in [0.15, 0.2) is 0 Å². The first kappa shape index (κ1) is 11.2. The fourth-order valence-electron chi connectivity index (χ4n) is 1.65. The molecule has 1 aromatic carbocycles. The Morgan fingerprint density at radius 2 is 1.94 bits per heavy atom. The summed E-state index contributed by atoms with van der Waals surface area (Å²) in [5.41, 5.74) is 8.38. The van der Waals surface area contributed by atoms with Crippen molar-refractivity contribution in [2.75, 3.05) is 5.73 Å². The third-order valence-corrected chi connectivity index (χ3v) is 3.32. The maximum Gasteiger partial charge on any atom is 0.136 e. The van der Waals surface area contributed by atoms with Crippen LogP contribution in [0, 0.1) is 6.92 Å². The number of anilines is 1. The molecule has 0 saturated heterocycles. The smallest absolute Gasteiger partial charge is 0.136 e. The maximum atomic E-state index is 5.92. The van der Waals surface area contributed by atoms with E-state index in [4.69, 9.17) is 5.73 Å². The predicted molar refractivity (Wildman–Crippen MR) is 69.3 cm³/mol. The second kappa shape index (κ2) is 4.29. The molecule has 2 rings (SSSR count). The molecule has 4 heteroatoms. The summed E-state index contributed by atoms with van der Waals surface area (Å²) in [6.45, 7) is 4.16. The lowest BCUT2D eigenvalue weighted by molar-refractivity contribution is 0.573. The molecule has 0 radical (unpaired) electrons. The predicted octanol–water partition coefficient (Wildman–Crippen LogP) is 3.15. The monoisotopic (exact) mass is 279 g/mol. The van der Waals surface area contributed by atoms with Crippen molar-refractivity contribution in [1.29, 1.82) is 0 Å². The van der Waals surface area contributed by atoms with Gasteiger partial charge >= 0.3 is 0 Å². The Morgan fingerprint density at radius 1 is 1.31 bits per heavy atom. The molecule has 0 spiro atoms. The third-order valence-electron chi connectivity index (χ3n) is 2.71. The van der Waals surface area contributed by atoms with Crippen molar-refractivity contribution in [3.63, 3.8) is 0 Å². The molecule has 3 nitrogen and oxygen atoms in total. The summed E-state index contributed by atoms with van der Waals surface area (Å²) in [5, 5.41) is 4.26. The second-order valence-electron chi connectivity index (χ2n) is 3.91. The number of nitrogens with two attached hydrogens (primary N) is 1. The van der Waals surface area contributed by atoms with E-state index in [1.165, 1.54) is 11.1 Å². The number of rotatable bonds is 2. The number of hydrogen-bond donors (Lipinski definition) is 1. The lowest BCUT2D eigenvalue weighted by atomic mass is 10.1. The fourth-order valence-corrected chi connectivity index (χ4v) is 1.92. The van der Waals surface area contributed by atoms with Gasteiger partial charge in [-0.15, -0.1) is 0 Å². The number of hydrogen-bond acceptors (Lipinski definition) is 2. The van der Waals surface area contributed by atoms with Crippen LogP contribution in [-0.4, -0.2) is 9.78 Å². The quantitative estimate of drug-likeness (QED) is 0.918. The minimum Gasteiger partial charge on any atom is -0.383 e. The molecule has 0 saturated carbocycles. The average molecular weight is 280 g/mol. The number of aromatic nitrogens is 2. The lowest BCUT2D eigenvalue weighted by Gasteiger charge is -2.14. The summed E-state index contributed by atoms with van der Waals surface area (Å²) >= 11 is 3.36. The summed E-state index contributed by atoms with van der Waals surface area (Å²) in [5.74, 6) is 0.660. The van der Waals surface area contributed by atoms with Crippen molar-refractivity contribution in [2.24, 2.45) is 0 Å². The van der Waals surface area contributed by atoms with E-state index in [1.807, 2.05) is 4.68 Å². The molecular formula is C12H14BrN3. The van der Waals surface area contributed by atoms with Gasteiger partial charge in [0.25, 0.3) is 0 Å². The van der Waals surface area contributed by atoms with E-state index in [2.05, 4.69) is 59.1 Å². The van der Waals surface area contributed by atoms with Gasteiger partial charge in [0, 0.05) is 0 Å². The van der Waals surface area contributed by atoms with Crippen LogP contribution in [0.3, 0.4) is 0 Å². The Morgan fingerprint density at radius 3 is 2.44 bits per heavy atom. The van der Waals surface area contributed by atoms with Gasteiger partial charge in [-0.2, -0.15) is 5.10 Å². The van der Waals surface area contributed by atoms with Crippen molar-refractivity contribution in [3.8, 4) is 0 Å². The highest BCUT2D eigenvalue weighted by atomic mass is 79.9. The summed E-state index contributed by atoms with van der Waals surface area (Å²) in [6.07, 6.45) is 1.72. The van der Waals surface area contributed by atoms with E-state index in [1.54, 1.807) is 6.20 Å². The van der Waals surface area contributed by atoms with E-state index in [0.717, 1.165) is 4.47 Å². The van der Waals surface area contributed by atoms with Crippen LogP contribution in [0.5, 0.6) is 0 Å². The normalized spacial score (nSPS) is 12.7. The molecule has 2 N–H and O–H groups in total. The molecule has 84 valence electrons. The molecular weight excluding hydrogens is 266 g/mol. The minimum atomic E-state index is 0.145. The van der Waals surface area contributed by atoms with E-state index in [-0.39, 0.29) is 6.04 Å². The Balaban J connectivity index is 2.35. The van der Waals surface area contributed by atoms with Crippen molar-refractivity contribution in [1.82, 2.24) is 9.78 Å². The Labute approximate surface area is 103 Å². The number of halogens is 1. The van der Waals surface area contributed by atoms with Crippen LogP contribution in [0.1, 0.15) is 24.1 Å². The van der Waals surface area contributed by atoms with Gasteiger partial charge in [-0.3, -0.25) is 0 Å². The fraction of sp³-hybridized carbons (Fsp3) is 0.250. The molecule has 1 aromatic heterocycles. The number of nitrogens with zero attached hydrogens (tertiary/aromatic N) is 2. The third kappa shape index (κ3) is 1.97. The van der Waals surface area contributed by atoms with Crippen LogP contribution >= 0.6 is 15.9 Å². The topological polar surface area (TPSA) is 43.8 Å². The SMILES string of the molecule is Cc1ccc(C(C)n2ncc(Br)c2N)cc1. The summed E-state index contributed by atoms with van der Waals surface area (Å²) in [7, 11) is 0. The second-order valence-corrected chi connectivity index (χ2v) is 4.76. The molecule has 1 unspecified atom stereocenters. The molecule has 1 atom stereocenters. The Bertz CT molecular complexity index is 487. The number of nitrogen functional groups attached to an aromatic ring is 1. The molecule has 0 fully saturated rings. The van der Waals surface area contributed by atoms with Crippen LogP contribution in [0.15, 0.2) is 34.9 Å². The maximum absolute atomic E-state index is 5.92. The molecule has 0 amide bonds. The van der Waals surface area contributed by atoms with Crippen molar-refractivity contribution < 1.29 is 0 Å². The van der Waals surface area contributed by atoms with E-state index < -0.39 is 0 Å². The first-order valence-corrected chi connectivity index (χ1v) is 5.94. The zero-order chi connectivity index (χ0) is 11.7. The highest BCUT2D eigenvalue weighted by Gasteiger charge is 2.12. The summed E-state index contributed by atoms with van der Waals surface area (Å²) in [4.78, 5) is 0. The first-order chi connectivity index (χ1) is 7.59. The van der Waals surface area contributed by atoms with E-state index in [0.29, 0.717) is 5.82 Å². The Kier molecular flexibility index (Phi) is 3.01. The molecule has 0 aliphatic carbocycles. The zero-order valence-electron chi connectivity index (χ0n) is 9.31. The van der Waals surface area contributed by atoms with Gasteiger partial charge < -0.3 is 5.73 Å². The average Bonchev–Trinajstić information content (AvgIpc) is 2.60. The first-order valence-electron chi connectivity index (χ1n) is 5.14. The van der Waals surface area contributed by atoms with Crippen LogP contribution in [0.4, 0.5) is 5.82 Å². The van der Waals surface area contributed by atoms with Gasteiger partial charge in [0.2, 0.25) is 0 Å². The Hall–Kier alpha value is -1.29. The van der Waals surface area contributed by atoms with Crippen molar-refractivity contribution in [3.05, 3.63) is 46.1 Å². The zero-order valence-corrected chi connectivity index (χ0v) is 10.9.